The van der Waals surface area contributed by atoms with Crippen LogP contribution in [0.1, 0.15) is 21.5 Å². The minimum atomic E-state index is -0.251. The lowest BCUT2D eigenvalue weighted by Gasteiger charge is -2.10. The summed E-state index contributed by atoms with van der Waals surface area (Å²) in [7, 11) is 0. The van der Waals surface area contributed by atoms with E-state index in [0.29, 0.717) is 21.8 Å². The highest BCUT2D eigenvalue weighted by atomic mass is 35.5. The zero-order valence-corrected chi connectivity index (χ0v) is 12.4. The summed E-state index contributed by atoms with van der Waals surface area (Å²) in [5.74, 6) is -0.251. The fourth-order valence-electron chi connectivity index (χ4n) is 1.79. The summed E-state index contributed by atoms with van der Waals surface area (Å²) in [6, 6.07) is 12.3. The van der Waals surface area contributed by atoms with Gasteiger partial charge in [-0.3, -0.25) is 4.79 Å². The lowest BCUT2D eigenvalue weighted by atomic mass is 10.1. The number of amides is 1. The van der Waals surface area contributed by atoms with Gasteiger partial charge in [0.15, 0.2) is 0 Å². The Labute approximate surface area is 127 Å². The van der Waals surface area contributed by atoms with Gasteiger partial charge in [0.1, 0.15) is 4.99 Å². The van der Waals surface area contributed by atoms with Crippen molar-refractivity contribution >= 4 is 40.4 Å². The van der Waals surface area contributed by atoms with Crippen LogP contribution in [0.15, 0.2) is 42.5 Å². The molecule has 2 aromatic carbocycles. The molecule has 0 unspecified atom stereocenters. The topological polar surface area (TPSA) is 55.1 Å². The minimum Gasteiger partial charge on any atom is -0.389 e. The maximum absolute atomic E-state index is 12.2. The van der Waals surface area contributed by atoms with Gasteiger partial charge in [0.2, 0.25) is 0 Å². The van der Waals surface area contributed by atoms with Gasteiger partial charge in [-0.05, 0) is 30.7 Å². The molecule has 2 aromatic rings. The van der Waals surface area contributed by atoms with Crippen LogP contribution in [-0.2, 0) is 0 Å². The van der Waals surface area contributed by atoms with Gasteiger partial charge in [0.25, 0.3) is 5.91 Å². The van der Waals surface area contributed by atoms with Crippen molar-refractivity contribution < 1.29 is 4.79 Å². The first-order valence-corrected chi connectivity index (χ1v) is 6.74. The van der Waals surface area contributed by atoms with Gasteiger partial charge in [0, 0.05) is 11.1 Å². The van der Waals surface area contributed by atoms with Crippen LogP contribution < -0.4 is 11.1 Å². The highest BCUT2D eigenvalue weighted by Crippen LogP contribution is 2.25. The summed E-state index contributed by atoms with van der Waals surface area (Å²) in [6.07, 6.45) is 0. The molecule has 0 aliphatic heterocycles. The fourth-order valence-corrected chi connectivity index (χ4v) is 2.19. The van der Waals surface area contributed by atoms with Crippen LogP contribution in [0, 0.1) is 6.92 Å². The normalized spacial score (nSPS) is 10.1. The van der Waals surface area contributed by atoms with E-state index in [1.54, 1.807) is 30.3 Å². The number of halogens is 1. The summed E-state index contributed by atoms with van der Waals surface area (Å²) in [6.45, 7) is 1.88. The average Bonchev–Trinajstić information content (AvgIpc) is 2.43. The van der Waals surface area contributed by atoms with Crippen molar-refractivity contribution in [3.63, 3.8) is 0 Å². The van der Waals surface area contributed by atoms with Crippen molar-refractivity contribution in [1.82, 2.24) is 0 Å². The molecule has 0 aliphatic rings. The smallest absolute Gasteiger partial charge is 0.255 e. The molecule has 0 spiro atoms. The molecule has 102 valence electrons. The predicted octanol–water partition coefficient (Wildman–Crippen LogP) is 3.53. The van der Waals surface area contributed by atoms with E-state index in [0.717, 1.165) is 5.56 Å². The fraction of sp³-hybridized carbons (Fsp3) is 0.0667. The molecular weight excluding hydrogens is 292 g/mol. The van der Waals surface area contributed by atoms with Crippen molar-refractivity contribution in [2.24, 2.45) is 5.73 Å². The third-order valence-corrected chi connectivity index (χ3v) is 3.42. The summed E-state index contributed by atoms with van der Waals surface area (Å²) < 4.78 is 0. The Kier molecular flexibility index (Phi) is 4.37. The second-order valence-corrected chi connectivity index (χ2v) is 5.18. The molecule has 2 rings (SSSR count). The molecule has 0 heterocycles. The zero-order valence-electron chi connectivity index (χ0n) is 10.8. The van der Waals surface area contributed by atoms with Crippen LogP contribution in [0.2, 0.25) is 5.02 Å². The number of nitrogens with one attached hydrogen (secondary N) is 1. The van der Waals surface area contributed by atoms with Crippen LogP contribution in [0.4, 0.5) is 5.69 Å². The molecule has 3 nitrogen and oxygen atoms in total. The quantitative estimate of drug-likeness (QED) is 0.853. The van der Waals surface area contributed by atoms with Crippen LogP contribution in [0.5, 0.6) is 0 Å². The van der Waals surface area contributed by atoms with Gasteiger partial charge in [-0.1, -0.05) is 48.1 Å². The monoisotopic (exact) mass is 304 g/mol. The van der Waals surface area contributed by atoms with Crippen molar-refractivity contribution in [2.75, 3.05) is 5.32 Å². The molecule has 5 heteroatoms. The molecule has 0 bridgehead atoms. The summed E-state index contributed by atoms with van der Waals surface area (Å²) in [5, 5.41) is 3.31. The molecule has 0 saturated heterocycles. The average molecular weight is 305 g/mol. The molecule has 0 radical (unpaired) electrons. The highest BCUT2D eigenvalue weighted by Gasteiger charge is 2.11. The standard InChI is InChI=1S/C15H13ClN2OS/c1-9-4-2-7-12(16)13(9)18-15(19)11-6-3-5-10(8-11)14(17)20/h2-8H,1H3,(H2,17,20)(H,18,19). The molecule has 0 fully saturated rings. The van der Waals surface area contributed by atoms with Crippen molar-refractivity contribution in [1.29, 1.82) is 0 Å². The molecular formula is C15H13ClN2OS. The van der Waals surface area contributed by atoms with E-state index in [2.05, 4.69) is 5.32 Å². The highest BCUT2D eigenvalue weighted by molar-refractivity contribution is 7.80. The Balaban J connectivity index is 2.29. The van der Waals surface area contributed by atoms with E-state index < -0.39 is 0 Å². The third kappa shape index (κ3) is 3.15. The maximum Gasteiger partial charge on any atom is 0.255 e. The number of rotatable bonds is 3. The number of nitrogens with two attached hydrogens (primary N) is 1. The van der Waals surface area contributed by atoms with E-state index in [1.165, 1.54) is 0 Å². The lowest BCUT2D eigenvalue weighted by molar-refractivity contribution is 0.102. The minimum absolute atomic E-state index is 0.251. The Morgan fingerprint density at radius 3 is 2.50 bits per heavy atom. The lowest BCUT2D eigenvalue weighted by Crippen LogP contribution is -2.15. The van der Waals surface area contributed by atoms with E-state index in [9.17, 15) is 4.79 Å². The molecule has 0 atom stereocenters. The Bertz CT molecular complexity index is 665. The summed E-state index contributed by atoms with van der Waals surface area (Å²) in [5.41, 5.74) is 8.21. The van der Waals surface area contributed by atoms with Crippen LogP contribution in [-0.4, -0.2) is 10.9 Å². The number of benzene rings is 2. The first kappa shape index (κ1) is 14.5. The van der Waals surface area contributed by atoms with Gasteiger partial charge in [-0.25, -0.2) is 0 Å². The van der Waals surface area contributed by atoms with E-state index in [4.69, 9.17) is 29.6 Å². The maximum atomic E-state index is 12.2. The van der Waals surface area contributed by atoms with Crippen LogP contribution >= 0.6 is 23.8 Å². The van der Waals surface area contributed by atoms with Crippen molar-refractivity contribution in [3.8, 4) is 0 Å². The van der Waals surface area contributed by atoms with Gasteiger partial charge in [-0.2, -0.15) is 0 Å². The Hall–Kier alpha value is -1.91. The molecule has 20 heavy (non-hydrogen) atoms. The number of anilines is 1. The molecule has 3 N–H and O–H groups in total. The largest absolute Gasteiger partial charge is 0.389 e. The summed E-state index contributed by atoms with van der Waals surface area (Å²) >= 11 is 11.0. The van der Waals surface area contributed by atoms with E-state index >= 15 is 0 Å². The number of hydrogen-bond acceptors (Lipinski definition) is 2. The first-order chi connectivity index (χ1) is 9.49. The number of hydrogen-bond donors (Lipinski definition) is 2. The molecule has 0 saturated carbocycles. The van der Waals surface area contributed by atoms with Gasteiger partial charge in [0.05, 0.1) is 10.7 Å². The number of carbonyl (C=O) groups excluding carboxylic acids is 1. The van der Waals surface area contributed by atoms with Crippen LogP contribution in [0.25, 0.3) is 0 Å². The van der Waals surface area contributed by atoms with Crippen LogP contribution in [0.3, 0.4) is 0 Å². The predicted molar refractivity (Wildman–Crippen MR) is 86.5 cm³/mol. The first-order valence-electron chi connectivity index (χ1n) is 5.95. The van der Waals surface area contributed by atoms with E-state index in [-0.39, 0.29) is 10.9 Å². The second kappa shape index (κ2) is 6.03. The molecule has 0 aromatic heterocycles. The van der Waals surface area contributed by atoms with E-state index in [1.807, 2.05) is 19.1 Å². The van der Waals surface area contributed by atoms with Gasteiger partial charge < -0.3 is 11.1 Å². The van der Waals surface area contributed by atoms with Gasteiger partial charge >= 0.3 is 0 Å². The Morgan fingerprint density at radius 2 is 1.85 bits per heavy atom. The third-order valence-electron chi connectivity index (χ3n) is 2.87. The molecule has 0 aliphatic carbocycles. The number of aryl methyl sites for hydroxylation is 1. The number of para-hydroxylation sites is 1. The molecule has 1 amide bonds. The zero-order chi connectivity index (χ0) is 14.7. The number of carbonyl (C=O) groups is 1. The second-order valence-electron chi connectivity index (χ2n) is 4.33. The summed E-state index contributed by atoms with van der Waals surface area (Å²) in [4.78, 5) is 12.5. The SMILES string of the molecule is Cc1cccc(Cl)c1NC(=O)c1cccc(C(N)=S)c1. The van der Waals surface area contributed by atoms with Crippen molar-refractivity contribution in [2.45, 2.75) is 6.92 Å². The number of thiocarbonyl (C=S) groups is 1. The van der Waals surface area contributed by atoms with Gasteiger partial charge in [-0.15, -0.1) is 0 Å². The van der Waals surface area contributed by atoms with Crippen molar-refractivity contribution in [3.05, 3.63) is 64.2 Å². The Morgan fingerprint density at radius 1 is 1.20 bits per heavy atom.